The maximum atomic E-state index is 14.3. The molecule has 0 aliphatic carbocycles. The molecule has 0 spiro atoms. The first-order valence-electron chi connectivity index (χ1n) is 16.4. The summed E-state index contributed by atoms with van der Waals surface area (Å²) in [5.74, 6) is -1.13. The molecule has 0 heterocycles. The summed E-state index contributed by atoms with van der Waals surface area (Å²) >= 11 is 0. The van der Waals surface area contributed by atoms with E-state index in [0.717, 1.165) is 27.2 Å². The third kappa shape index (κ3) is 9.95. The van der Waals surface area contributed by atoms with Crippen LogP contribution in [0.4, 0.5) is 9.59 Å². The minimum absolute atomic E-state index is 0.0531. The predicted octanol–water partition coefficient (Wildman–Crippen LogP) is 6.58. The normalized spacial score (nSPS) is 12.5. The fourth-order valence-electron chi connectivity index (χ4n) is 5.63. The van der Waals surface area contributed by atoms with Gasteiger partial charge in [-0.2, -0.15) is 0 Å². The van der Waals surface area contributed by atoms with E-state index >= 15 is 0 Å². The molecule has 10 nitrogen and oxygen atoms in total. The number of nitrogens with zero attached hydrogens (tertiary/aromatic N) is 1. The largest absolute Gasteiger partial charge is 0.467 e. The number of rotatable bonds is 13. The monoisotopic (exact) mass is 679 g/mol. The zero-order valence-corrected chi connectivity index (χ0v) is 29.1. The van der Waals surface area contributed by atoms with Gasteiger partial charge < -0.3 is 24.8 Å². The van der Waals surface area contributed by atoms with Crippen LogP contribution in [0.15, 0.2) is 121 Å². The van der Waals surface area contributed by atoms with Crippen LogP contribution in [0, 0.1) is 0 Å². The van der Waals surface area contributed by atoms with Crippen molar-refractivity contribution < 1.29 is 33.4 Å². The number of hydrogen-bond acceptors (Lipinski definition) is 7. The molecule has 0 aliphatic heterocycles. The Kier molecular flexibility index (Phi) is 12.8. The van der Waals surface area contributed by atoms with Crippen LogP contribution in [0.5, 0.6) is 0 Å². The smallest absolute Gasteiger partial charge is 0.410 e. The van der Waals surface area contributed by atoms with Crippen molar-refractivity contribution in [3.63, 3.8) is 0 Å². The number of carbonyl (C=O) groups excluding carboxylic acids is 4. The first-order chi connectivity index (χ1) is 23.9. The summed E-state index contributed by atoms with van der Waals surface area (Å²) in [6, 6.07) is 35.8. The van der Waals surface area contributed by atoms with Crippen molar-refractivity contribution in [3.8, 4) is 0 Å². The highest BCUT2D eigenvalue weighted by Gasteiger charge is 2.39. The molecule has 2 atom stereocenters. The van der Waals surface area contributed by atoms with Gasteiger partial charge in [-0.15, -0.1) is 0 Å². The molecule has 0 aliphatic rings. The number of amides is 3. The lowest BCUT2D eigenvalue weighted by molar-refractivity contribution is -0.145. The topological polar surface area (TPSA) is 123 Å². The van der Waals surface area contributed by atoms with Gasteiger partial charge in [0.05, 0.1) is 13.2 Å². The highest BCUT2D eigenvalue weighted by Crippen LogP contribution is 2.37. The number of alkyl carbamates (subject to hydrolysis) is 1. The molecule has 0 radical (unpaired) electrons. The van der Waals surface area contributed by atoms with Crippen molar-refractivity contribution in [2.75, 3.05) is 13.7 Å². The molecule has 262 valence electrons. The van der Waals surface area contributed by atoms with Crippen LogP contribution < -0.4 is 10.6 Å². The van der Waals surface area contributed by atoms with E-state index in [1.165, 1.54) is 14.0 Å². The molecule has 50 heavy (non-hydrogen) atoms. The molecule has 0 saturated heterocycles. The summed E-state index contributed by atoms with van der Waals surface area (Å²) in [6.07, 6.45) is -1.90. The molecular formula is C40H45N3O7. The summed E-state index contributed by atoms with van der Waals surface area (Å²) in [5.41, 5.74) is 1.22. The van der Waals surface area contributed by atoms with Crippen LogP contribution in [-0.2, 0) is 35.9 Å². The Hall–Kier alpha value is -5.64. The molecule has 10 heteroatoms. The fraction of sp³-hybridized carbons (Fsp3) is 0.300. The average Bonchev–Trinajstić information content (AvgIpc) is 3.11. The van der Waals surface area contributed by atoms with Crippen LogP contribution >= 0.6 is 0 Å². The Labute approximate surface area is 293 Å². The van der Waals surface area contributed by atoms with Crippen molar-refractivity contribution in [1.82, 2.24) is 15.5 Å². The summed E-state index contributed by atoms with van der Waals surface area (Å²) < 4.78 is 16.1. The SMILES string of the molecule is COC(=O)[C@H](C)N(C[C@@H](CC(=O)NC(c1ccccc1)(c1ccccc1)c1ccccc1)NC(=O)OC(C)(C)C)C(=O)OCc1ccccc1. The van der Waals surface area contributed by atoms with Crippen molar-refractivity contribution in [1.29, 1.82) is 0 Å². The average molecular weight is 680 g/mol. The maximum absolute atomic E-state index is 14.3. The van der Waals surface area contributed by atoms with E-state index < -0.39 is 47.3 Å². The zero-order valence-electron chi connectivity index (χ0n) is 29.1. The molecule has 4 aromatic carbocycles. The molecule has 0 bridgehead atoms. The number of nitrogens with one attached hydrogen (secondary N) is 2. The number of ether oxygens (including phenoxy) is 3. The van der Waals surface area contributed by atoms with Crippen LogP contribution in [0.2, 0.25) is 0 Å². The minimum Gasteiger partial charge on any atom is -0.467 e. The van der Waals surface area contributed by atoms with Crippen LogP contribution in [0.1, 0.15) is 56.4 Å². The summed E-state index contributed by atoms with van der Waals surface area (Å²) in [5, 5.41) is 6.04. The number of esters is 1. The van der Waals surface area contributed by atoms with Crippen molar-refractivity contribution in [2.24, 2.45) is 0 Å². The van der Waals surface area contributed by atoms with Gasteiger partial charge in [-0.25, -0.2) is 14.4 Å². The van der Waals surface area contributed by atoms with Crippen LogP contribution in [-0.4, -0.2) is 60.3 Å². The summed E-state index contributed by atoms with van der Waals surface area (Å²) in [4.78, 5) is 54.9. The van der Waals surface area contributed by atoms with E-state index in [0.29, 0.717) is 0 Å². The Morgan fingerprint density at radius 2 is 1.18 bits per heavy atom. The highest BCUT2D eigenvalue weighted by atomic mass is 16.6. The van der Waals surface area contributed by atoms with Gasteiger partial charge in [0.2, 0.25) is 5.91 Å². The van der Waals surface area contributed by atoms with Crippen molar-refractivity contribution in [2.45, 2.75) is 63.9 Å². The second-order valence-electron chi connectivity index (χ2n) is 12.8. The summed E-state index contributed by atoms with van der Waals surface area (Å²) in [6.45, 7) is 6.32. The lowest BCUT2D eigenvalue weighted by atomic mass is 9.77. The first kappa shape index (κ1) is 37.2. The van der Waals surface area contributed by atoms with E-state index in [1.54, 1.807) is 32.9 Å². The highest BCUT2D eigenvalue weighted by molar-refractivity contribution is 5.82. The maximum Gasteiger partial charge on any atom is 0.410 e. The van der Waals surface area contributed by atoms with E-state index in [2.05, 4.69) is 10.6 Å². The van der Waals surface area contributed by atoms with E-state index in [1.807, 2.05) is 109 Å². The molecule has 0 saturated carbocycles. The molecule has 0 fully saturated rings. The van der Waals surface area contributed by atoms with Gasteiger partial charge in [0.1, 0.15) is 23.8 Å². The van der Waals surface area contributed by atoms with E-state index in [4.69, 9.17) is 14.2 Å². The summed E-state index contributed by atoms with van der Waals surface area (Å²) in [7, 11) is 1.21. The Morgan fingerprint density at radius 3 is 1.62 bits per heavy atom. The molecule has 2 N–H and O–H groups in total. The van der Waals surface area contributed by atoms with Gasteiger partial charge in [0, 0.05) is 13.0 Å². The second-order valence-corrected chi connectivity index (χ2v) is 12.8. The van der Waals surface area contributed by atoms with Crippen molar-refractivity contribution >= 4 is 24.1 Å². The quantitative estimate of drug-likeness (QED) is 0.0930. The molecule has 0 aromatic heterocycles. The fourth-order valence-corrected chi connectivity index (χ4v) is 5.63. The van der Waals surface area contributed by atoms with Crippen molar-refractivity contribution in [3.05, 3.63) is 144 Å². The number of methoxy groups -OCH3 is 1. The first-order valence-corrected chi connectivity index (χ1v) is 16.4. The predicted molar refractivity (Wildman–Crippen MR) is 190 cm³/mol. The zero-order chi connectivity index (χ0) is 36.1. The lowest BCUT2D eigenvalue weighted by Crippen LogP contribution is -2.54. The standard InChI is InChI=1S/C40H45N3O7/c1-29(36(45)48-5)43(38(47)49-28-30-18-10-6-11-19-30)27-34(41-37(46)50-39(2,3)4)26-35(44)42-40(31-20-12-7-13-21-31,32-22-14-8-15-23-32)33-24-16-9-17-25-33/h6-25,29,34H,26-28H2,1-5H3,(H,41,46)(H,42,44)/t29-,34+/m0/s1. The van der Waals surface area contributed by atoms with Gasteiger partial charge in [0.25, 0.3) is 0 Å². The number of benzene rings is 4. The van der Waals surface area contributed by atoms with Crippen LogP contribution in [0.3, 0.4) is 0 Å². The Morgan fingerprint density at radius 1 is 0.720 bits per heavy atom. The van der Waals surface area contributed by atoms with E-state index in [9.17, 15) is 19.2 Å². The molecule has 4 aromatic rings. The molecule has 4 rings (SSSR count). The van der Waals surface area contributed by atoms with Gasteiger partial charge >= 0.3 is 18.2 Å². The lowest BCUT2D eigenvalue weighted by Gasteiger charge is -2.37. The minimum atomic E-state index is -1.12. The third-order valence-corrected chi connectivity index (χ3v) is 7.97. The Bertz CT molecular complexity index is 1600. The van der Waals surface area contributed by atoms with Crippen LogP contribution in [0.25, 0.3) is 0 Å². The number of carbonyl (C=O) groups is 4. The third-order valence-electron chi connectivity index (χ3n) is 7.97. The Balaban J connectivity index is 1.71. The number of hydrogen-bond donors (Lipinski definition) is 2. The second kappa shape index (κ2) is 17.1. The van der Waals surface area contributed by atoms with E-state index in [-0.39, 0.29) is 19.6 Å². The molecule has 3 amide bonds. The van der Waals surface area contributed by atoms with Gasteiger partial charge in [-0.05, 0) is 49.9 Å². The van der Waals surface area contributed by atoms with Gasteiger partial charge in [0.15, 0.2) is 0 Å². The van der Waals surface area contributed by atoms with Gasteiger partial charge in [-0.1, -0.05) is 121 Å². The molecular weight excluding hydrogens is 634 g/mol. The molecule has 0 unspecified atom stereocenters. The van der Waals surface area contributed by atoms with Gasteiger partial charge in [-0.3, -0.25) is 9.69 Å².